The normalized spacial score (nSPS) is 20.8. The maximum atomic E-state index is 11.1. The molecule has 2 aliphatic heterocycles. The molecule has 2 aromatic carbocycles. The zero-order valence-corrected chi connectivity index (χ0v) is 18.7. The highest BCUT2D eigenvalue weighted by atomic mass is 32.1. The monoisotopic (exact) mass is 432 g/mol. The Morgan fingerprint density at radius 3 is 2.32 bits per heavy atom. The molecule has 0 amide bonds. The summed E-state index contributed by atoms with van der Waals surface area (Å²) in [6.45, 7) is 5.27. The molecule has 4 nitrogen and oxygen atoms in total. The van der Waals surface area contributed by atoms with Crippen molar-refractivity contribution in [2.45, 2.75) is 44.3 Å². The van der Waals surface area contributed by atoms with Crippen LogP contribution < -0.4 is 0 Å². The molecule has 2 aliphatic rings. The number of hydrogen-bond acceptors (Lipinski definition) is 5. The highest BCUT2D eigenvalue weighted by Crippen LogP contribution is 2.49. The lowest BCUT2D eigenvalue weighted by atomic mass is 9.80. The van der Waals surface area contributed by atoms with Gasteiger partial charge in [-0.05, 0) is 49.5 Å². The molecule has 0 bridgehead atoms. The third-order valence-corrected chi connectivity index (χ3v) is 6.98. The Kier molecular flexibility index (Phi) is 5.51. The summed E-state index contributed by atoms with van der Waals surface area (Å²) in [5.74, 6) is 0.975. The van der Waals surface area contributed by atoms with Crippen LogP contribution in [-0.4, -0.2) is 28.1 Å². The molecule has 5 rings (SSSR count). The van der Waals surface area contributed by atoms with Crippen LogP contribution in [0.1, 0.15) is 51.9 Å². The van der Waals surface area contributed by atoms with Crippen molar-refractivity contribution in [3.05, 3.63) is 93.8 Å². The second-order valence-electron chi connectivity index (χ2n) is 8.62. The quantitative estimate of drug-likeness (QED) is 0.561. The molecular formula is C26H28N2O2S. The van der Waals surface area contributed by atoms with Crippen LogP contribution in [0.15, 0.2) is 54.7 Å². The number of aromatic hydroxyl groups is 1. The van der Waals surface area contributed by atoms with Crippen LogP contribution in [0.25, 0.3) is 0 Å². The van der Waals surface area contributed by atoms with Crippen molar-refractivity contribution < 1.29 is 9.84 Å². The van der Waals surface area contributed by atoms with Crippen LogP contribution in [0.2, 0.25) is 0 Å². The van der Waals surface area contributed by atoms with E-state index in [4.69, 9.17) is 9.72 Å². The van der Waals surface area contributed by atoms with E-state index < -0.39 is 5.60 Å². The average Bonchev–Trinajstić information content (AvgIpc) is 3.45. The molecule has 3 heterocycles. The summed E-state index contributed by atoms with van der Waals surface area (Å²) in [6, 6.07) is 16.8. The first-order valence-electron chi connectivity index (χ1n) is 11.0. The molecule has 0 radical (unpaired) electrons. The summed E-state index contributed by atoms with van der Waals surface area (Å²) in [5, 5.41) is 11.1. The van der Waals surface area contributed by atoms with Crippen LogP contribution in [-0.2, 0) is 29.2 Å². The van der Waals surface area contributed by atoms with Crippen molar-refractivity contribution in [3.63, 3.8) is 0 Å². The lowest BCUT2D eigenvalue weighted by Gasteiger charge is -2.31. The Hall–Kier alpha value is -2.34. The van der Waals surface area contributed by atoms with Gasteiger partial charge in [0.1, 0.15) is 11.4 Å². The third kappa shape index (κ3) is 3.55. The van der Waals surface area contributed by atoms with Crippen molar-refractivity contribution in [3.8, 4) is 5.75 Å². The summed E-state index contributed by atoms with van der Waals surface area (Å²) >= 11 is 4.40. The van der Waals surface area contributed by atoms with Gasteiger partial charge in [-0.15, -0.1) is 0 Å². The molecule has 1 N–H and O–H groups in total. The SMILES string of the molecule is Cc1ccc(C2(c3ccc(CS)cc3)OCc3c2cnc(CN2CCCC2)c3O)cc1. The van der Waals surface area contributed by atoms with Gasteiger partial charge in [-0.1, -0.05) is 54.1 Å². The van der Waals surface area contributed by atoms with E-state index in [1.165, 1.54) is 18.4 Å². The molecule has 31 heavy (non-hydrogen) atoms. The van der Waals surface area contributed by atoms with Gasteiger partial charge < -0.3 is 9.84 Å². The van der Waals surface area contributed by atoms with Crippen LogP contribution in [0.5, 0.6) is 5.75 Å². The van der Waals surface area contributed by atoms with Gasteiger partial charge in [0.05, 0.1) is 12.3 Å². The molecule has 160 valence electrons. The number of pyridine rings is 1. The van der Waals surface area contributed by atoms with Gasteiger partial charge in [-0.3, -0.25) is 9.88 Å². The second-order valence-corrected chi connectivity index (χ2v) is 8.94. The van der Waals surface area contributed by atoms with E-state index in [0.717, 1.165) is 46.6 Å². The summed E-state index contributed by atoms with van der Waals surface area (Å²) in [7, 11) is 0. The Morgan fingerprint density at radius 2 is 1.68 bits per heavy atom. The van der Waals surface area contributed by atoms with E-state index in [1.807, 2.05) is 6.20 Å². The maximum Gasteiger partial charge on any atom is 0.146 e. The Balaban J connectivity index is 1.63. The number of ether oxygens (including phenoxy) is 1. The molecule has 1 saturated heterocycles. The zero-order valence-electron chi connectivity index (χ0n) is 17.8. The highest BCUT2D eigenvalue weighted by Gasteiger charge is 2.45. The minimum absolute atomic E-state index is 0.283. The summed E-state index contributed by atoms with van der Waals surface area (Å²) < 4.78 is 6.57. The van der Waals surface area contributed by atoms with Gasteiger partial charge in [0.2, 0.25) is 0 Å². The summed E-state index contributed by atoms with van der Waals surface area (Å²) in [6.07, 6.45) is 4.35. The lowest BCUT2D eigenvalue weighted by molar-refractivity contribution is 0.0263. The molecule has 5 heteroatoms. The first kappa shape index (κ1) is 20.6. The summed E-state index contributed by atoms with van der Waals surface area (Å²) in [5.41, 5.74) is 6.18. The molecule has 0 aliphatic carbocycles. The Labute approximate surface area is 189 Å². The van der Waals surface area contributed by atoms with Gasteiger partial charge in [-0.2, -0.15) is 12.6 Å². The van der Waals surface area contributed by atoms with Crippen LogP contribution in [0.3, 0.4) is 0 Å². The summed E-state index contributed by atoms with van der Waals surface area (Å²) in [4.78, 5) is 7.08. The lowest BCUT2D eigenvalue weighted by Crippen LogP contribution is -2.29. The fourth-order valence-electron chi connectivity index (χ4n) is 4.84. The molecule has 0 saturated carbocycles. The van der Waals surface area contributed by atoms with Crippen molar-refractivity contribution in [1.29, 1.82) is 0 Å². The van der Waals surface area contributed by atoms with E-state index in [0.29, 0.717) is 18.9 Å². The predicted molar refractivity (Wildman–Crippen MR) is 125 cm³/mol. The van der Waals surface area contributed by atoms with E-state index in [9.17, 15) is 5.11 Å². The number of nitrogens with zero attached hydrogens (tertiary/aromatic N) is 2. The smallest absolute Gasteiger partial charge is 0.146 e. The van der Waals surface area contributed by atoms with Gasteiger partial charge in [0, 0.05) is 29.6 Å². The fraction of sp³-hybridized carbons (Fsp3) is 0.346. The standard InChI is InChI=1S/C26H28N2O2S/c1-18-4-8-20(9-5-18)26(21-10-6-19(17-31)7-11-21)23-14-27-24(15-28-12-2-3-13-28)25(29)22(23)16-30-26/h4-11,14,29,31H,2-3,12-13,15-17H2,1H3. The first-order chi connectivity index (χ1) is 15.1. The van der Waals surface area contributed by atoms with E-state index in [-0.39, 0.29) is 5.75 Å². The number of benzene rings is 2. The number of rotatable bonds is 5. The predicted octanol–water partition coefficient (Wildman–Crippen LogP) is 4.94. The Bertz CT molecular complexity index is 1080. The molecule has 3 aromatic rings. The van der Waals surface area contributed by atoms with Crippen LogP contribution in [0, 0.1) is 6.92 Å². The molecule has 1 unspecified atom stereocenters. The molecule has 0 spiro atoms. The zero-order chi connectivity index (χ0) is 21.4. The first-order valence-corrected chi connectivity index (χ1v) is 11.6. The number of thiol groups is 1. The number of hydrogen-bond donors (Lipinski definition) is 2. The van der Waals surface area contributed by atoms with Crippen molar-refractivity contribution >= 4 is 12.6 Å². The van der Waals surface area contributed by atoms with Gasteiger partial charge in [-0.25, -0.2) is 0 Å². The molecular weight excluding hydrogens is 404 g/mol. The van der Waals surface area contributed by atoms with Crippen molar-refractivity contribution in [2.24, 2.45) is 0 Å². The average molecular weight is 433 g/mol. The van der Waals surface area contributed by atoms with E-state index >= 15 is 0 Å². The topological polar surface area (TPSA) is 45.6 Å². The van der Waals surface area contributed by atoms with Crippen molar-refractivity contribution in [1.82, 2.24) is 9.88 Å². The third-order valence-electron chi connectivity index (χ3n) is 6.62. The van der Waals surface area contributed by atoms with E-state index in [1.54, 1.807) is 0 Å². The van der Waals surface area contributed by atoms with Gasteiger partial charge in [0.25, 0.3) is 0 Å². The minimum atomic E-state index is -0.783. The van der Waals surface area contributed by atoms with Crippen LogP contribution in [0.4, 0.5) is 0 Å². The highest BCUT2D eigenvalue weighted by molar-refractivity contribution is 7.79. The largest absolute Gasteiger partial charge is 0.506 e. The van der Waals surface area contributed by atoms with Crippen LogP contribution >= 0.6 is 12.6 Å². The molecule has 1 atom stereocenters. The number of aromatic nitrogens is 1. The molecule has 1 aromatic heterocycles. The van der Waals surface area contributed by atoms with Gasteiger partial charge >= 0.3 is 0 Å². The number of fused-ring (bicyclic) bond motifs is 1. The fourth-order valence-corrected chi connectivity index (χ4v) is 5.05. The minimum Gasteiger partial charge on any atom is -0.506 e. The Morgan fingerprint density at radius 1 is 1.03 bits per heavy atom. The second kappa shape index (κ2) is 8.30. The van der Waals surface area contributed by atoms with E-state index in [2.05, 4.69) is 73.0 Å². The maximum absolute atomic E-state index is 11.1. The van der Waals surface area contributed by atoms with Gasteiger partial charge in [0.15, 0.2) is 0 Å². The molecule has 1 fully saturated rings. The number of likely N-dealkylation sites (tertiary alicyclic amines) is 1. The number of aryl methyl sites for hydroxylation is 1. The van der Waals surface area contributed by atoms with Crippen molar-refractivity contribution in [2.75, 3.05) is 13.1 Å².